The molecule has 0 fully saturated rings. The molecule has 0 spiro atoms. The van der Waals surface area contributed by atoms with Gasteiger partial charge in [-0.05, 0) is 13.3 Å². The molecule has 0 aliphatic carbocycles. The Morgan fingerprint density at radius 3 is 2.36 bits per heavy atom. The summed E-state index contributed by atoms with van der Waals surface area (Å²) >= 11 is 11.7. The van der Waals surface area contributed by atoms with Crippen LogP contribution in [-0.4, -0.2) is 10.8 Å². The summed E-state index contributed by atoms with van der Waals surface area (Å²) in [5.41, 5.74) is 0. The number of allylic oxidation sites excluding steroid dienone is 2. The van der Waals surface area contributed by atoms with Gasteiger partial charge in [0.15, 0.2) is 0 Å². The van der Waals surface area contributed by atoms with Gasteiger partial charge in [-0.25, -0.2) is 0 Å². The summed E-state index contributed by atoms with van der Waals surface area (Å²) in [5.74, 6) is 0. The summed E-state index contributed by atoms with van der Waals surface area (Å²) < 4.78 is 0. The van der Waals surface area contributed by atoms with Gasteiger partial charge in [0.25, 0.3) is 0 Å². The lowest BCUT2D eigenvalue weighted by Crippen LogP contribution is -1.94. The van der Waals surface area contributed by atoms with Crippen molar-refractivity contribution in [2.75, 3.05) is 0 Å². The van der Waals surface area contributed by atoms with Gasteiger partial charge in [0.1, 0.15) is 0 Å². The Bertz CT molecular complexity index is 108. The van der Waals surface area contributed by atoms with Crippen LogP contribution in [0.3, 0.4) is 0 Å². The van der Waals surface area contributed by atoms with E-state index >= 15 is 0 Å². The minimum absolute atomic E-state index is 0.0953. The third-order valence-electron chi connectivity index (χ3n) is 1.42. The normalized spacial score (nSPS) is 17.1. The fourth-order valence-electron chi connectivity index (χ4n) is 0.769. The Kier molecular flexibility index (Phi) is 7.20. The zero-order valence-electron chi connectivity index (χ0n) is 7.19. The molecule has 2 heteroatoms. The lowest BCUT2D eigenvalue weighted by atomic mass is 10.2. The van der Waals surface area contributed by atoms with Crippen molar-refractivity contribution in [1.29, 1.82) is 0 Å². The first-order valence-corrected chi connectivity index (χ1v) is 5.00. The highest BCUT2D eigenvalue weighted by Gasteiger charge is 1.98. The summed E-state index contributed by atoms with van der Waals surface area (Å²) in [6.07, 6.45) is 7.37. The highest BCUT2D eigenvalue weighted by atomic mass is 35.5. The standard InChI is InChI=1S/C9H16Cl2/c1-3-4-5-9(11)7-6-8(2)10/h6-9H,3-5H2,1-2H3. The SMILES string of the molecule is CCCCC(Cl)C=CC(C)Cl. The summed E-state index contributed by atoms with van der Waals surface area (Å²) in [7, 11) is 0. The predicted molar refractivity (Wildman–Crippen MR) is 53.6 cm³/mol. The van der Waals surface area contributed by atoms with Gasteiger partial charge in [-0.3, -0.25) is 0 Å². The van der Waals surface area contributed by atoms with E-state index in [4.69, 9.17) is 23.2 Å². The molecule has 0 bridgehead atoms. The van der Waals surface area contributed by atoms with Crippen molar-refractivity contribution in [2.24, 2.45) is 0 Å². The van der Waals surface area contributed by atoms with Crippen molar-refractivity contribution in [2.45, 2.75) is 43.9 Å². The molecule has 0 N–H and O–H groups in total. The largest absolute Gasteiger partial charge is 0.119 e. The van der Waals surface area contributed by atoms with Gasteiger partial charge in [0.05, 0.1) is 5.38 Å². The Balaban J connectivity index is 3.42. The maximum absolute atomic E-state index is 5.96. The maximum atomic E-state index is 5.96. The quantitative estimate of drug-likeness (QED) is 0.460. The molecule has 0 rings (SSSR count). The minimum atomic E-state index is 0.0953. The van der Waals surface area contributed by atoms with Gasteiger partial charge in [-0.2, -0.15) is 0 Å². The van der Waals surface area contributed by atoms with E-state index in [1.165, 1.54) is 12.8 Å². The van der Waals surface area contributed by atoms with Crippen LogP contribution in [-0.2, 0) is 0 Å². The summed E-state index contributed by atoms with van der Waals surface area (Å²) in [5, 5.41) is 0.258. The van der Waals surface area contributed by atoms with Crippen LogP contribution in [0.2, 0.25) is 0 Å². The molecule has 0 nitrogen and oxygen atoms in total. The van der Waals surface area contributed by atoms with Crippen LogP contribution in [0.5, 0.6) is 0 Å². The number of alkyl halides is 2. The third-order valence-corrected chi connectivity index (χ3v) is 1.93. The first-order chi connectivity index (χ1) is 5.16. The van der Waals surface area contributed by atoms with Gasteiger partial charge in [-0.1, -0.05) is 31.9 Å². The molecule has 0 aliphatic rings. The van der Waals surface area contributed by atoms with Crippen LogP contribution in [0.1, 0.15) is 33.1 Å². The molecule has 11 heavy (non-hydrogen) atoms. The van der Waals surface area contributed by atoms with Crippen LogP contribution in [0.15, 0.2) is 12.2 Å². The van der Waals surface area contributed by atoms with E-state index in [2.05, 4.69) is 6.92 Å². The first-order valence-electron chi connectivity index (χ1n) is 4.13. The van der Waals surface area contributed by atoms with E-state index in [1.807, 2.05) is 19.1 Å². The van der Waals surface area contributed by atoms with E-state index in [1.54, 1.807) is 0 Å². The lowest BCUT2D eigenvalue weighted by Gasteiger charge is -2.01. The smallest absolute Gasteiger partial charge is 0.0516 e. The number of hydrogen-bond acceptors (Lipinski definition) is 0. The third kappa shape index (κ3) is 8.22. The minimum Gasteiger partial charge on any atom is -0.119 e. The van der Waals surface area contributed by atoms with Gasteiger partial charge in [0, 0.05) is 5.38 Å². The average molecular weight is 195 g/mol. The highest BCUT2D eigenvalue weighted by molar-refractivity contribution is 6.22. The summed E-state index contributed by atoms with van der Waals surface area (Å²) in [6, 6.07) is 0. The molecule has 2 atom stereocenters. The molecule has 0 aliphatic heterocycles. The molecule has 0 saturated heterocycles. The van der Waals surface area contributed by atoms with Gasteiger partial charge < -0.3 is 0 Å². The first kappa shape index (κ1) is 11.3. The lowest BCUT2D eigenvalue weighted by molar-refractivity contribution is 0.733. The van der Waals surface area contributed by atoms with Crippen molar-refractivity contribution < 1.29 is 0 Å². The van der Waals surface area contributed by atoms with Crippen LogP contribution in [0, 0.1) is 0 Å². The van der Waals surface area contributed by atoms with Crippen molar-refractivity contribution in [3.05, 3.63) is 12.2 Å². The van der Waals surface area contributed by atoms with E-state index in [-0.39, 0.29) is 10.8 Å². The molecular weight excluding hydrogens is 179 g/mol. The summed E-state index contributed by atoms with van der Waals surface area (Å²) in [4.78, 5) is 0. The average Bonchev–Trinajstić information content (AvgIpc) is 1.97. The van der Waals surface area contributed by atoms with Crippen molar-refractivity contribution in [3.63, 3.8) is 0 Å². The molecular formula is C9H16Cl2. The van der Waals surface area contributed by atoms with Gasteiger partial charge in [-0.15, -0.1) is 23.2 Å². The molecule has 0 aromatic carbocycles. The van der Waals surface area contributed by atoms with E-state index < -0.39 is 0 Å². The van der Waals surface area contributed by atoms with Gasteiger partial charge in [0.2, 0.25) is 0 Å². The Morgan fingerprint density at radius 2 is 1.91 bits per heavy atom. The molecule has 0 heterocycles. The molecule has 0 saturated carbocycles. The fourth-order valence-corrected chi connectivity index (χ4v) is 1.09. The molecule has 2 unspecified atom stereocenters. The Labute approximate surface area is 79.6 Å². The number of halogens is 2. The second kappa shape index (κ2) is 7.00. The molecule has 0 amide bonds. The van der Waals surface area contributed by atoms with E-state index in [0.717, 1.165) is 6.42 Å². The van der Waals surface area contributed by atoms with Crippen molar-refractivity contribution >= 4 is 23.2 Å². The Morgan fingerprint density at radius 1 is 1.27 bits per heavy atom. The Hall–Kier alpha value is 0.320. The topological polar surface area (TPSA) is 0 Å². The van der Waals surface area contributed by atoms with Crippen LogP contribution in [0.4, 0.5) is 0 Å². The number of hydrogen-bond donors (Lipinski definition) is 0. The zero-order valence-corrected chi connectivity index (χ0v) is 8.70. The predicted octanol–water partition coefficient (Wildman–Crippen LogP) is 3.97. The highest BCUT2D eigenvalue weighted by Crippen LogP contribution is 2.09. The zero-order chi connectivity index (χ0) is 8.69. The fraction of sp³-hybridized carbons (Fsp3) is 0.778. The number of rotatable bonds is 5. The van der Waals surface area contributed by atoms with Gasteiger partial charge >= 0.3 is 0 Å². The van der Waals surface area contributed by atoms with Crippen LogP contribution in [0.25, 0.3) is 0 Å². The second-order valence-electron chi connectivity index (χ2n) is 2.72. The van der Waals surface area contributed by atoms with Crippen LogP contribution < -0.4 is 0 Å². The molecule has 0 radical (unpaired) electrons. The van der Waals surface area contributed by atoms with E-state index in [9.17, 15) is 0 Å². The van der Waals surface area contributed by atoms with Crippen LogP contribution >= 0.6 is 23.2 Å². The maximum Gasteiger partial charge on any atom is 0.0516 e. The molecule has 66 valence electrons. The number of unbranched alkanes of at least 4 members (excludes halogenated alkanes) is 1. The molecule has 0 aromatic heterocycles. The monoisotopic (exact) mass is 194 g/mol. The molecule has 0 aromatic rings. The van der Waals surface area contributed by atoms with Crippen molar-refractivity contribution in [1.82, 2.24) is 0 Å². The van der Waals surface area contributed by atoms with Crippen molar-refractivity contribution in [3.8, 4) is 0 Å². The summed E-state index contributed by atoms with van der Waals surface area (Å²) in [6.45, 7) is 4.10. The second-order valence-corrected chi connectivity index (χ2v) is 3.97. The van der Waals surface area contributed by atoms with E-state index in [0.29, 0.717) is 0 Å².